The molecule has 0 saturated carbocycles. The van der Waals surface area contributed by atoms with Crippen molar-refractivity contribution in [3.8, 4) is 0 Å². The van der Waals surface area contributed by atoms with Crippen LogP contribution in [-0.2, 0) is 9.53 Å². The molecule has 88 valence electrons. The van der Waals surface area contributed by atoms with Gasteiger partial charge in [-0.05, 0) is 44.5 Å². The lowest BCUT2D eigenvalue weighted by Gasteiger charge is -2.14. The largest absolute Gasteiger partial charge is 0.464 e. The van der Waals surface area contributed by atoms with Crippen molar-refractivity contribution < 1.29 is 9.53 Å². The zero-order valence-electron chi connectivity index (χ0n) is 9.71. The Labute approximate surface area is 104 Å². The molecule has 1 rings (SSSR count). The summed E-state index contributed by atoms with van der Waals surface area (Å²) in [6, 6.07) is 5.53. The maximum atomic E-state index is 11.4. The third-order valence-electron chi connectivity index (χ3n) is 2.18. The molecule has 1 unspecified atom stereocenters. The molecule has 3 nitrogen and oxygen atoms in total. The van der Waals surface area contributed by atoms with E-state index in [-0.39, 0.29) is 12.0 Å². The molecular weight excluding hydrogens is 270 g/mol. The minimum absolute atomic E-state index is 0.233. The normalized spacial score (nSPS) is 12.0. The summed E-state index contributed by atoms with van der Waals surface area (Å²) in [5.41, 5.74) is 2.04. The van der Waals surface area contributed by atoms with Gasteiger partial charge in [0.25, 0.3) is 0 Å². The lowest BCUT2D eigenvalue weighted by Crippen LogP contribution is -2.28. The summed E-state index contributed by atoms with van der Waals surface area (Å²) in [5.74, 6) is -0.233. The van der Waals surface area contributed by atoms with Crippen molar-refractivity contribution in [2.45, 2.75) is 26.8 Å². The molecule has 1 aromatic rings. The Balaban J connectivity index is 2.66. The molecular formula is C12H16BrNO2. The molecule has 0 spiro atoms. The third kappa shape index (κ3) is 3.52. The van der Waals surface area contributed by atoms with Gasteiger partial charge in [0.15, 0.2) is 0 Å². The number of hydrogen-bond donors (Lipinski definition) is 1. The number of hydrogen-bond acceptors (Lipinski definition) is 3. The number of carbonyl (C=O) groups is 1. The van der Waals surface area contributed by atoms with Gasteiger partial charge in [0.2, 0.25) is 0 Å². The molecule has 0 fully saturated rings. The molecule has 4 heteroatoms. The van der Waals surface area contributed by atoms with Crippen LogP contribution in [0.2, 0.25) is 0 Å². The van der Waals surface area contributed by atoms with Crippen LogP contribution in [-0.4, -0.2) is 18.6 Å². The molecule has 0 saturated heterocycles. The molecule has 16 heavy (non-hydrogen) atoms. The van der Waals surface area contributed by atoms with E-state index in [4.69, 9.17) is 4.74 Å². The number of benzene rings is 1. The second kappa shape index (κ2) is 5.89. The fourth-order valence-corrected chi connectivity index (χ4v) is 1.56. The Morgan fingerprint density at radius 1 is 1.56 bits per heavy atom. The highest BCUT2D eigenvalue weighted by molar-refractivity contribution is 9.10. The predicted molar refractivity (Wildman–Crippen MR) is 68.6 cm³/mol. The van der Waals surface area contributed by atoms with E-state index in [1.807, 2.05) is 25.1 Å². The van der Waals surface area contributed by atoms with Crippen molar-refractivity contribution in [2.24, 2.45) is 0 Å². The molecule has 0 aliphatic carbocycles. The van der Waals surface area contributed by atoms with Crippen LogP contribution >= 0.6 is 15.9 Å². The zero-order valence-corrected chi connectivity index (χ0v) is 11.3. The minimum Gasteiger partial charge on any atom is -0.464 e. The number of ether oxygens (including phenoxy) is 1. The van der Waals surface area contributed by atoms with Gasteiger partial charge in [0, 0.05) is 10.2 Å². The smallest absolute Gasteiger partial charge is 0.328 e. The van der Waals surface area contributed by atoms with E-state index in [0.717, 1.165) is 15.7 Å². The van der Waals surface area contributed by atoms with Gasteiger partial charge in [-0.2, -0.15) is 0 Å². The topological polar surface area (TPSA) is 38.3 Å². The molecule has 0 aliphatic rings. The molecule has 0 aliphatic heterocycles. The van der Waals surface area contributed by atoms with Crippen LogP contribution < -0.4 is 5.32 Å². The number of halogens is 1. The Morgan fingerprint density at radius 3 is 2.81 bits per heavy atom. The van der Waals surface area contributed by atoms with Crippen LogP contribution in [0.1, 0.15) is 19.4 Å². The number of carbonyl (C=O) groups excluding carboxylic acids is 1. The number of rotatable bonds is 4. The molecule has 0 aromatic heterocycles. The van der Waals surface area contributed by atoms with Crippen LogP contribution in [0.3, 0.4) is 0 Å². The zero-order chi connectivity index (χ0) is 12.1. The Morgan fingerprint density at radius 2 is 2.25 bits per heavy atom. The minimum atomic E-state index is -0.333. The lowest BCUT2D eigenvalue weighted by molar-refractivity contribution is -0.143. The van der Waals surface area contributed by atoms with E-state index in [0.29, 0.717) is 6.61 Å². The first-order valence-corrected chi connectivity index (χ1v) is 6.03. The van der Waals surface area contributed by atoms with Crippen LogP contribution in [0.15, 0.2) is 22.7 Å². The maximum Gasteiger partial charge on any atom is 0.328 e. The first-order valence-electron chi connectivity index (χ1n) is 5.24. The SMILES string of the molecule is CCOC(=O)C(C)Nc1ccc(Br)c(C)c1. The summed E-state index contributed by atoms with van der Waals surface area (Å²) in [4.78, 5) is 11.4. The Kier molecular flexibility index (Phi) is 4.80. The quantitative estimate of drug-likeness (QED) is 0.864. The highest BCUT2D eigenvalue weighted by atomic mass is 79.9. The van der Waals surface area contributed by atoms with Crippen molar-refractivity contribution in [2.75, 3.05) is 11.9 Å². The molecule has 1 N–H and O–H groups in total. The van der Waals surface area contributed by atoms with E-state index >= 15 is 0 Å². The van der Waals surface area contributed by atoms with Crippen LogP contribution in [0, 0.1) is 6.92 Å². The van der Waals surface area contributed by atoms with Crippen LogP contribution in [0.25, 0.3) is 0 Å². The molecule has 1 atom stereocenters. The summed E-state index contributed by atoms with van der Waals surface area (Å²) in [5, 5.41) is 3.10. The van der Waals surface area contributed by atoms with E-state index in [2.05, 4.69) is 21.2 Å². The van der Waals surface area contributed by atoms with Gasteiger partial charge >= 0.3 is 5.97 Å². The van der Waals surface area contributed by atoms with Crippen LogP contribution in [0.5, 0.6) is 0 Å². The van der Waals surface area contributed by atoms with E-state index in [1.165, 1.54) is 0 Å². The average molecular weight is 286 g/mol. The van der Waals surface area contributed by atoms with Gasteiger partial charge in [-0.15, -0.1) is 0 Å². The number of anilines is 1. The van der Waals surface area contributed by atoms with Crippen molar-refractivity contribution in [3.63, 3.8) is 0 Å². The second-order valence-electron chi connectivity index (χ2n) is 3.58. The molecule has 1 aromatic carbocycles. The van der Waals surface area contributed by atoms with Crippen LogP contribution in [0.4, 0.5) is 5.69 Å². The standard InChI is InChI=1S/C12H16BrNO2/c1-4-16-12(15)9(3)14-10-5-6-11(13)8(2)7-10/h5-7,9,14H,4H2,1-3H3. The number of aryl methyl sites for hydroxylation is 1. The summed E-state index contributed by atoms with van der Waals surface area (Å²) in [7, 11) is 0. The molecule has 0 heterocycles. The number of esters is 1. The average Bonchev–Trinajstić information content (AvgIpc) is 2.24. The molecule has 0 amide bonds. The van der Waals surface area contributed by atoms with Crippen molar-refractivity contribution in [3.05, 3.63) is 28.2 Å². The van der Waals surface area contributed by atoms with Gasteiger partial charge in [0.1, 0.15) is 6.04 Å². The number of nitrogens with one attached hydrogen (secondary N) is 1. The van der Waals surface area contributed by atoms with Gasteiger partial charge in [0.05, 0.1) is 6.61 Å². The molecule has 0 radical (unpaired) electrons. The molecule has 0 bridgehead atoms. The third-order valence-corrected chi connectivity index (χ3v) is 3.07. The highest BCUT2D eigenvalue weighted by Crippen LogP contribution is 2.20. The summed E-state index contributed by atoms with van der Waals surface area (Å²) in [6.45, 7) is 6.00. The predicted octanol–water partition coefficient (Wildman–Crippen LogP) is 3.12. The van der Waals surface area contributed by atoms with E-state index in [1.54, 1.807) is 13.8 Å². The van der Waals surface area contributed by atoms with Crippen molar-refractivity contribution in [1.29, 1.82) is 0 Å². The lowest BCUT2D eigenvalue weighted by atomic mass is 10.2. The fourth-order valence-electron chi connectivity index (χ4n) is 1.31. The summed E-state index contributed by atoms with van der Waals surface area (Å²) in [6.07, 6.45) is 0. The van der Waals surface area contributed by atoms with Gasteiger partial charge < -0.3 is 10.1 Å². The van der Waals surface area contributed by atoms with Gasteiger partial charge in [-0.1, -0.05) is 15.9 Å². The first kappa shape index (κ1) is 13.0. The highest BCUT2D eigenvalue weighted by Gasteiger charge is 2.13. The van der Waals surface area contributed by atoms with E-state index in [9.17, 15) is 4.79 Å². The van der Waals surface area contributed by atoms with Gasteiger partial charge in [-0.3, -0.25) is 0 Å². The van der Waals surface area contributed by atoms with E-state index < -0.39 is 0 Å². The maximum absolute atomic E-state index is 11.4. The first-order chi connectivity index (χ1) is 7.54. The summed E-state index contributed by atoms with van der Waals surface area (Å²) >= 11 is 3.43. The second-order valence-corrected chi connectivity index (χ2v) is 4.44. The Hall–Kier alpha value is -1.03. The summed E-state index contributed by atoms with van der Waals surface area (Å²) < 4.78 is 5.98. The van der Waals surface area contributed by atoms with Crippen molar-refractivity contribution in [1.82, 2.24) is 0 Å². The monoisotopic (exact) mass is 285 g/mol. The Bertz CT molecular complexity index is 379. The van der Waals surface area contributed by atoms with Gasteiger partial charge in [-0.25, -0.2) is 4.79 Å². The fraction of sp³-hybridized carbons (Fsp3) is 0.417. The van der Waals surface area contributed by atoms with Crippen molar-refractivity contribution >= 4 is 27.6 Å².